The molecule has 1 aromatic carbocycles. The molecule has 1 aliphatic carbocycles. The van der Waals surface area contributed by atoms with Crippen molar-refractivity contribution in [2.24, 2.45) is 21.8 Å². The summed E-state index contributed by atoms with van der Waals surface area (Å²) in [5, 5.41) is 2.80. The van der Waals surface area contributed by atoms with Crippen LogP contribution in [0.4, 0.5) is 15.3 Å². The van der Waals surface area contributed by atoms with E-state index in [1.165, 1.54) is 4.90 Å². The molecule has 4 amide bonds. The minimum Gasteiger partial charge on any atom is -0.306 e. The van der Waals surface area contributed by atoms with Gasteiger partial charge >= 0.3 is 12.1 Å². The second-order valence-corrected chi connectivity index (χ2v) is 7.24. The fourth-order valence-electron chi connectivity index (χ4n) is 3.03. The molecule has 1 heterocycles. The highest BCUT2D eigenvalue weighted by molar-refractivity contribution is 6.24. The molecule has 140 valence electrons. The summed E-state index contributed by atoms with van der Waals surface area (Å²) in [5.74, 6) is 0.347. The number of amidine groups is 1. The standard InChI is InChI=1S/C21H24N4O2/c1-13(2)12-25-19(17-7-5-6-8-18(17)23-21(25)27)24-20(26)22-16-10-9-14(3)15(4)11-16/h5-11,13,17H,12H2,1-4H3,(H,22,26)/b24-19-. The van der Waals surface area contributed by atoms with Crippen LogP contribution in [0.25, 0.3) is 0 Å². The van der Waals surface area contributed by atoms with Crippen LogP contribution in [-0.4, -0.2) is 35.1 Å². The van der Waals surface area contributed by atoms with Gasteiger partial charge in [0.15, 0.2) is 0 Å². The SMILES string of the molecule is Cc1ccc(NC(=O)/N=C2/C3C=CC=CC3=NC(=O)N2CC(C)C)cc1C. The van der Waals surface area contributed by atoms with E-state index in [1.807, 2.05) is 64.1 Å². The third-order valence-corrected chi connectivity index (χ3v) is 4.53. The Hall–Kier alpha value is -3.02. The molecule has 0 bridgehead atoms. The molecule has 6 nitrogen and oxygen atoms in total. The molecule has 27 heavy (non-hydrogen) atoms. The van der Waals surface area contributed by atoms with Crippen LogP contribution >= 0.6 is 0 Å². The van der Waals surface area contributed by atoms with Gasteiger partial charge in [0.2, 0.25) is 0 Å². The van der Waals surface area contributed by atoms with Gasteiger partial charge in [0.05, 0.1) is 11.6 Å². The molecule has 1 N–H and O–H groups in total. The smallest absolute Gasteiger partial charge is 0.306 e. The van der Waals surface area contributed by atoms with E-state index < -0.39 is 6.03 Å². The van der Waals surface area contributed by atoms with Gasteiger partial charge in [0.25, 0.3) is 0 Å². The number of fused-ring (bicyclic) bond motifs is 1. The second kappa shape index (κ2) is 7.70. The molecule has 1 atom stereocenters. The third-order valence-electron chi connectivity index (χ3n) is 4.53. The molecule has 0 saturated carbocycles. The van der Waals surface area contributed by atoms with Gasteiger partial charge in [-0.1, -0.05) is 38.1 Å². The van der Waals surface area contributed by atoms with E-state index >= 15 is 0 Å². The van der Waals surface area contributed by atoms with Crippen molar-refractivity contribution in [1.29, 1.82) is 0 Å². The second-order valence-electron chi connectivity index (χ2n) is 7.24. The lowest BCUT2D eigenvalue weighted by molar-refractivity contribution is 0.224. The molecule has 0 aromatic heterocycles. The minimum atomic E-state index is -0.501. The van der Waals surface area contributed by atoms with Crippen LogP contribution in [0.15, 0.2) is 52.5 Å². The number of hydrogen-bond acceptors (Lipinski definition) is 2. The average Bonchev–Trinajstić information content (AvgIpc) is 2.61. The maximum atomic E-state index is 12.6. The fourth-order valence-corrected chi connectivity index (χ4v) is 3.03. The summed E-state index contributed by atoms with van der Waals surface area (Å²) in [6.07, 6.45) is 7.39. The summed E-state index contributed by atoms with van der Waals surface area (Å²) in [7, 11) is 0. The zero-order valence-corrected chi connectivity index (χ0v) is 16.1. The number of benzene rings is 1. The quantitative estimate of drug-likeness (QED) is 0.857. The summed E-state index contributed by atoms with van der Waals surface area (Å²) in [6, 6.07) is 4.81. The van der Waals surface area contributed by atoms with Crippen molar-refractivity contribution in [1.82, 2.24) is 4.90 Å². The van der Waals surface area contributed by atoms with Gasteiger partial charge in [-0.2, -0.15) is 9.98 Å². The van der Waals surface area contributed by atoms with Gasteiger partial charge in [-0.05, 0) is 49.1 Å². The number of carbonyl (C=O) groups is 2. The lowest BCUT2D eigenvalue weighted by Crippen LogP contribution is -2.48. The molecule has 3 rings (SSSR count). The van der Waals surface area contributed by atoms with Crippen molar-refractivity contribution in [3.8, 4) is 0 Å². The predicted octanol–water partition coefficient (Wildman–Crippen LogP) is 4.51. The van der Waals surface area contributed by atoms with Crippen LogP contribution in [0, 0.1) is 25.7 Å². The lowest BCUT2D eigenvalue weighted by atomic mass is 9.94. The van der Waals surface area contributed by atoms with Crippen LogP contribution < -0.4 is 5.32 Å². The molecule has 0 spiro atoms. The topological polar surface area (TPSA) is 74.1 Å². The molecule has 0 radical (unpaired) electrons. The molecular weight excluding hydrogens is 340 g/mol. The first-order valence-electron chi connectivity index (χ1n) is 9.07. The number of carbonyl (C=O) groups excluding carboxylic acids is 2. The van der Waals surface area contributed by atoms with Crippen LogP contribution in [0.3, 0.4) is 0 Å². The molecule has 1 aromatic rings. The zero-order valence-electron chi connectivity index (χ0n) is 16.1. The van der Waals surface area contributed by atoms with Gasteiger partial charge in [0, 0.05) is 12.2 Å². The van der Waals surface area contributed by atoms with E-state index in [1.54, 1.807) is 6.08 Å². The average molecular weight is 364 g/mol. The van der Waals surface area contributed by atoms with Crippen molar-refractivity contribution in [3.63, 3.8) is 0 Å². The van der Waals surface area contributed by atoms with Gasteiger partial charge < -0.3 is 5.32 Å². The van der Waals surface area contributed by atoms with E-state index in [2.05, 4.69) is 15.3 Å². The number of urea groups is 2. The van der Waals surface area contributed by atoms with E-state index in [4.69, 9.17) is 0 Å². The van der Waals surface area contributed by atoms with Crippen molar-refractivity contribution < 1.29 is 9.59 Å². The van der Waals surface area contributed by atoms with Gasteiger partial charge in [-0.25, -0.2) is 9.59 Å². The molecule has 0 fully saturated rings. The Bertz CT molecular complexity index is 893. The van der Waals surface area contributed by atoms with E-state index in [0.29, 0.717) is 23.8 Å². The summed E-state index contributed by atoms with van der Waals surface area (Å²) in [6.45, 7) is 8.48. The summed E-state index contributed by atoms with van der Waals surface area (Å²) in [5.41, 5.74) is 3.53. The number of nitrogens with zero attached hydrogens (tertiary/aromatic N) is 3. The Balaban J connectivity index is 1.91. The largest absolute Gasteiger partial charge is 0.349 e. The highest BCUT2D eigenvalue weighted by Gasteiger charge is 2.34. The first-order valence-corrected chi connectivity index (χ1v) is 9.07. The molecule has 2 aliphatic rings. The Labute approximate surface area is 159 Å². The Morgan fingerprint density at radius 3 is 2.74 bits per heavy atom. The highest BCUT2D eigenvalue weighted by atomic mass is 16.2. The summed E-state index contributed by atoms with van der Waals surface area (Å²) < 4.78 is 0. The van der Waals surface area contributed by atoms with Crippen molar-refractivity contribution >= 4 is 29.3 Å². The van der Waals surface area contributed by atoms with Crippen molar-refractivity contribution in [3.05, 3.63) is 53.6 Å². The van der Waals surface area contributed by atoms with Gasteiger partial charge in [-0.15, -0.1) is 0 Å². The van der Waals surface area contributed by atoms with Crippen molar-refractivity contribution in [2.75, 3.05) is 11.9 Å². The minimum absolute atomic E-state index is 0.224. The Morgan fingerprint density at radius 2 is 2.04 bits per heavy atom. The van der Waals surface area contributed by atoms with Crippen LogP contribution in [0.5, 0.6) is 0 Å². The molecule has 1 unspecified atom stereocenters. The van der Waals surface area contributed by atoms with E-state index in [0.717, 1.165) is 11.1 Å². The van der Waals surface area contributed by atoms with Crippen molar-refractivity contribution in [2.45, 2.75) is 27.7 Å². The monoisotopic (exact) mass is 364 g/mol. The normalized spacial score (nSPS) is 20.1. The zero-order chi connectivity index (χ0) is 19.6. The number of allylic oxidation sites excluding steroid dienone is 3. The summed E-state index contributed by atoms with van der Waals surface area (Å²) in [4.78, 5) is 35.0. The predicted molar refractivity (Wildman–Crippen MR) is 109 cm³/mol. The maximum Gasteiger partial charge on any atom is 0.349 e. The number of nitrogens with one attached hydrogen (secondary N) is 1. The molecule has 0 saturated heterocycles. The van der Waals surface area contributed by atoms with E-state index in [9.17, 15) is 9.59 Å². The number of amides is 4. The lowest BCUT2D eigenvalue weighted by Gasteiger charge is -2.32. The first kappa shape index (κ1) is 18.8. The van der Waals surface area contributed by atoms with Crippen LogP contribution in [0.2, 0.25) is 0 Å². The fraction of sp³-hybridized carbons (Fsp3) is 0.333. The maximum absolute atomic E-state index is 12.6. The Morgan fingerprint density at radius 1 is 1.26 bits per heavy atom. The van der Waals surface area contributed by atoms with Crippen LogP contribution in [-0.2, 0) is 0 Å². The van der Waals surface area contributed by atoms with Crippen LogP contribution in [0.1, 0.15) is 25.0 Å². The first-order chi connectivity index (χ1) is 12.8. The number of hydrogen-bond donors (Lipinski definition) is 1. The number of rotatable bonds is 3. The third kappa shape index (κ3) is 4.22. The number of aliphatic imine (C=N–C) groups is 2. The number of aryl methyl sites for hydroxylation is 2. The number of anilines is 1. The Kier molecular flexibility index (Phi) is 5.35. The van der Waals surface area contributed by atoms with Gasteiger partial charge in [-0.3, -0.25) is 4.90 Å². The molecular formula is C21H24N4O2. The van der Waals surface area contributed by atoms with Gasteiger partial charge in [0.1, 0.15) is 5.84 Å². The molecule has 1 aliphatic heterocycles. The molecule has 6 heteroatoms. The highest BCUT2D eigenvalue weighted by Crippen LogP contribution is 2.22. The summed E-state index contributed by atoms with van der Waals surface area (Å²) >= 11 is 0. The van der Waals surface area contributed by atoms with E-state index in [-0.39, 0.29) is 17.9 Å².